The number of carbonyl (C=O) groups excluding carboxylic acids is 3. The van der Waals surface area contributed by atoms with Gasteiger partial charge in [0.2, 0.25) is 5.67 Å². The number of piperidine rings is 2. The van der Waals surface area contributed by atoms with Crippen molar-refractivity contribution in [2.24, 2.45) is 11.8 Å². The van der Waals surface area contributed by atoms with Gasteiger partial charge >= 0.3 is 18.2 Å². The minimum absolute atomic E-state index is 0.0485. The summed E-state index contributed by atoms with van der Waals surface area (Å²) in [6.45, 7) is 9.78. The minimum atomic E-state index is -4.56. The van der Waals surface area contributed by atoms with Crippen LogP contribution < -0.4 is 9.64 Å². The van der Waals surface area contributed by atoms with Crippen molar-refractivity contribution in [3.05, 3.63) is 59.2 Å². The first-order valence-electron chi connectivity index (χ1n) is 19.8. The van der Waals surface area contributed by atoms with Crippen molar-refractivity contribution < 1.29 is 46.2 Å². The van der Waals surface area contributed by atoms with E-state index in [-0.39, 0.29) is 55.5 Å². The second kappa shape index (κ2) is 16.4. The molecule has 4 aliphatic rings. The molecule has 0 unspecified atom stereocenters. The number of halogens is 4. The Morgan fingerprint density at radius 1 is 0.857 bits per heavy atom. The maximum absolute atomic E-state index is 18.0. The van der Waals surface area contributed by atoms with Crippen molar-refractivity contribution in [2.45, 2.75) is 95.1 Å². The van der Waals surface area contributed by atoms with Crippen LogP contribution in [0.15, 0.2) is 42.5 Å². The summed E-state index contributed by atoms with van der Waals surface area (Å²) < 4.78 is 76.1. The molecule has 56 heavy (non-hydrogen) atoms. The van der Waals surface area contributed by atoms with Gasteiger partial charge in [0.15, 0.2) is 0 Å². The molecule has 4 heterocycles. The van der Waals surface area contributed by atoms with Crippen LogP contribution in [0.1, 0.15) is 88.3 Å². The zero-order valence-corrected chi connectivity index (χ0v) is 33.4. The average Bonchev–Trinajstić information content (AvgIpc) is 3.78. The number of carbonyl (C=O) groups is 3. The first-order chi connectivity index (χ1) is 26.4. The van der Waals surface area contributed by atoms with Crippen LogP contribution in [0.4, 0.5) is 28.0 Å². The number of hydrogen-bond donors (Lipinski definition) is 0. The lowest BCUT2D eigenvalue weighted by atomic mass is 9.84. The second-order valence-electron chi connectivity index (χ2n) is 16.9. The Balaban J connectivity index is 1.25. The van der Waals surface area contributed by atoms with E-state index < -0.39 is 34.8 Å². The maximum Gasteiger partial charge on any atom is 0.416 e. The summed E-state index contributed by atoms with van der Waals surface area (Å²) in [4.78, 5) is 47.0. The molecule has 0 N–H and O–H groups in total. The highest BCUT2D eigenvalue weighted by Gasteiger charge is 2.57. The van der Waals surface area contributed by atoms with Crippen LogP contribution in [0.3, 0.4) is 0 Å². The van der Waals surface area contributed by atoms with Crippen LogP contribution in [-0.2, 0) is 25.2 Å². The number of alkyl halides is 4. The van der Waals surface area contributed by atoms with E-state index in [9.17, 15) is 27.6 Å². The molecule has 2 amide bonds. The number of likely N-dealkylation sites (tertiary alicyclic amines) is 3. The molecule has 2 aromatic carbocycles. The van der Waals surface area contributed by atoms with Crippen LogP contribution in [0.5, 0.6) is 5.75 Å². The Morgan fingerprint density at radius 3 is 2.09 bits per heavy atom. The molecule has 4 atom stereocenters. The second-order valence-corrected chi connectivity index (χ2v) is 16.9. The van der Waals surface area contributed by atoms with Gasteiger partial charge in [0.1, 0.15) is 11.4 Å². The summed E-state index contributed by atoms with van der Waals surface area (Å²) in [6.07, 6.45) is -2.18. The van der Waals surface area contributed by atoms with Gasteiger partial charge in [-0.2, -0.15) is 13.2 Å². The lowest BCUT2D eigenvalue weighted by Gasteiger charge is -2.37. The Labute approximate surface area is 327 Å². The van der Waals surface area contributed by atoms with Gasteiger partial charge in [0, 0.05) is 75.9 Å². The van der Waals surface area contributed by atoms with Gasteiger partial charge in [-0.15, -0.1) is 0 Å². The lowest BCUT2D eigenvalue weighted by Crippen LogP contribution is -2.51. The fraction of sp³-hybridized carbons (Fsp3) is 0.643. The van der Waals surface area contributed by atoms with Crippen LogP contribution in [-0.4, -0.2) is 117 Å². The summed E-state index contributed by atoms with van der Waals surface area (Å²) in [5.41, 5.74) is -1.84. The third-order valence-electron chi connectivity index (χ3n) is 12.3. The Hall–Kier alpha value is -4.07. The van der Waals surface area contributed by atoms with Crippen LogP contribution in [0.2, 0.25) is 0 Å². The van der Waals surface area contributed by atoms with Crippen LogP contribution >= 0.6 is 0 Å². The highest BCUT2D eigenvalue weighted by Crippen LogP contribution is 2.47. The number of hydrogen-bond acceptors (Lipinski definition) is 8. The van der Waals surface area contributed by atoms with Crippen molar-refractivity contribution >= 4 is 23.7 Å². The van der Waals surface area contributed by atoms with E-state index >= 15 is 4.39 Å². The molecule has 4 fully saturated rings. The molecule has 6 rings (SSSR count). The molecule has 2 aromatic rings. The molecular formula is C42H56F4N4O6. The first-order valence-corrected chi connectivity index (χ1v) is 19.8. The summed E-state index contributed by atoms with van der Waals surface area (Å²) in [5, 5.41) is 0. The van der Waals surface area contributed by atoms with E-state index in [1.807, 2.05) is 32.6 Å². The molecule has 14 heteroatoms. The zero-order valence-electron chi connectivity index (χ0n) is 33.4. The number of benzene rings is 2. The number of methoxy groups -OCH3 is 2. The molecule has 0 bridgehead atoms. The number of nitrogens with zero attached hydrogens (tertiary/aromatic N) is 4. The highest BCUT2D eigenvalue weighted by molar-refractivity contribution is 5.88. The number of anilines is 1. The topological polar surface area (TPSA) is 91.9 Å². The fourth-order valence-electron chi connectivity index (χ4n) is 9.19. The molecule has 0 aliphatic carbocycles. The standard InChI is InChI=1S/C42H56F4N4O6/c1-7-27-23-49(24-34(27)33-13-10-30(42(44,45)46)22-36(33)47-18-14-29(15-19-47)37(51)55-6)38(52)41(43)26-50(25-35(41)28-8-11-32(54-5)12-9-28)31-16-20-48(21-17-31)39(53)56-40(2,3)4/h8-13,22,27,29,31,34-35H,7,14-21,23-26H2,1-6H3/t27-,34-,35-,41-/m0/s1. The molecule has 0 saturated carbocycles. The summed E-state index contributed by atoms with van der Waals surface area (Å²) >= 11 is 0. The third kappa shape index (κ3) is 8.74. The monoisotopic (exact) mass is 788 g/mol. The van der Waals surface area contributed by atoms with Gasteiger partial charge in [-0.25, -0.2) is 9.18 Å². The Morgan fingerprint density at radius 2 is 1.52 bits per heavy atom. The number of rotatable bonds is 8. The number of ether oxygens (including phenoxy) is 3. The molecule has 4 saturated heterocycles. The third-order valence-corrected chi connectivity index (χ3v) is 12.3. The predicted octanol–water partition coefficient (Wildman–Crippen LogP) is 7.26. The van der Waals surface area contributed by atoms with Crippen LogP contribution in [0.25, 0.3) is 0 Å². The van der Waals surface area contributed by atoms with Gasteiger partial charge in [0.05, 0.1) is 25.7 Å². The normalized spacial score (nSPS) is 25.8. The SMILES string of the molecule is CC[C@H]1CN(C(=O)[C@]2(F)CN(C3CCN(C(=O)OC(C)(C)C)CC3)C[C@H]2c2ccc(OC)cc2)C[C@@H]1c1ccc(C(F)(F)F)cc1N1CCC(C(=O)OC)CC1. The van der Waals surface area contributed by atoms with Crippen molar-refractivity contribution in [1.29, 1.82) is 0 Å². The van der Waals surface area contributed by atoms with E-state index in [1.165, 1.54) is 19.2 Å². The quantitative estimate of drug-likeness (QED) is 0.204. The number of esters is 1. The first kappa shape index (κ1) is 41.6. The Bertz CT molecular complexity index is 1720. The largest absolute Gasteiger partial charge is 0.497 e. The fourth-order valence-corrected chi connectivity index (χ4v) is 9.19. The van der Waals surface area contributed by atoms with Crippen molar-refractivity contribution in [1.82, 2.24) is 14.7 Å². The molecule has 0 aromatic heterocycles. The lowest BCUT2D eigenvalue weighted by molar-refractivity contribution is -0.146. The summed E-state index contributed by atoms with van der Waals surface area (Å²) in [5.74, 6) is -1.85. The highest BCUT2D eigenvalue weighted by atomic mass is 19.4. The van der Waals surface area contributed by atoms with E-state index in [0.717, 1.165) is 6.07 Å². The van der Waals surface area contributed by atoms with Crippen molar-refractivity contribution in [3.63, 3.8) is 0 Å². The van der Waals surface area contributed by atoms with E-state index in [0.29, 0.717) is 87.4 Å². The average molecular weight is 789 g/mol. The van der Waals surface area contributed by atoms with Gasteiger partial charge < -0.3 is 28.9 Å². The molecule has 308 valence electrons. The number of amides is 2. The van der Waals surface area contributed by atoms with E-state index in [1.54, 1.807) is 41.2 Å². The van der Waals surface area contributed by atoms with Crippen molar-refractivity contribution in [3.8, 4) is 5.75 Å². The van der Waals surface area contributed by atoms with E-state index in [2.05, 4.69) is 4.90 Å². The van der Waals surface area contributed by atoms with Gasteiger partial charge in [-0.3, -0.25) is 14.5 Å². The smallest absolute Gasteiger partial charge is 0.416 e. The molecule has 10 nitrogen and oxygen atoms in total. The van der Waals surface area contributed by atoms with E-state index in [4.69, 9.17) is 14.2 Å². The summed E-state index contributed by atoms with van der Waals surface area (Å²) in [7, 11) is 2.89. The predicted molar refractivity (Wildman–Crippen MR) is 203 cm³/mol. The van der Waals surface area contributed by atoms with Gasteiger partial charge in [-0.05, 0) is 87.8 Å². The molecule has 0 radical (unpaired) electrons. The minimum Gasteiger partial charge on any atom is -0.497 e. The molecule has 4 aliphatic heterocycles. The Kier molecular flexibility index (Phi) is 12.2. The summed E-state index contributed by atoms with van der Waals surface area (Å²) in [6, 6.07) is 10.9. The zero-order chi connectivity index (χ0) is 40.6. The maximum atomic E-state index is 18.0. The van der Waals surface area contributed by atoms with Crippen molar-refractivity contribution in [2.75, 3.05) is 71.5 Å². The molecular weight excluding hydrogens is 732 g/mol. The van der Waals surface area contributed by atoms with Gasteiger partial charge in [0.25, 0.3) is 5.91 Å². The van der Waals surface area contributed by atoms with Crippen LogP contribution in [0, 0.1) is 11.8 Å². The van der Waals surface area contributed by atoms with Gasteiger partial charge in [-0.1, -0.05) is 31.5 Å². The molecule has 0 spiro atoms.